The average molecular weight is 477 g/mol. The fraction of sp³-hybridized carbons (Fsp3) is 0.179. The van der Waals surface area contributed by atoms with Crippen molar-refractivity contribution in [2.75, 3.05) is 6.61 Å². The van der Waals surface area contributed by atoms with Crippen molar-refractivity contribution in [3.8, 4) is 28.6 Å². The molecule has 0 aliphatic carbocycles. The van der Waals surface area contributed by atoms with E-state index < -0.39 is 0 Å². The lowest BCUT2D eigenvalue weighted by atomic mass is 10.0. The molecule has 34 heavy (non-hydrogen) atoms. The number of nitrogens with zero attached hydrogens (tertiary/aromatic N) is 1. The topological polar surface area (TPSA) is 66.6 Å². The standard InChI is InChI=1S/C28H28N2O3.ClH/c1-2-31-26-17-23(13-14-24(26)18-29)25-15-16-27(32-19-21-9-5-3-6-10-21)30-28(25)33-20-22-11-7-4-8-12-22;/h3-17H,2,18-20,29H2,1H3;1H. The van der Waals surface area contributed by atoms with E-state index in [-0.39, 0.29) is 12.4 Å². The van der Waals surface area contributed by atoms with Crippen LogP contribution >= 0.6 is 12.4 Å². The largest absolute Gasteiger partial charge is 0.494 e. The Morgan fingerprint density at radius 1 is 0.735 bits per heavy atom. The number of nitrogens with two attached hydrogens (primary N) is 1. The van der Waals surface area contributed by atoms with Crippen LogP contribution in [-0.4, -0.2) is 11.6 Å². The van der Waals surface area contributed by atoms with Gasteiger partial charge in [0.25, 0.3) is 0 Å². The van der Waals surface area contributed by atoms with E-state index in [9.17, 15) is 0 Å². The van der Waals surface area contributed by atoms with Crippen LogP contribution < -0.4 is 19.9 Å². The summed E-state index contributed by atoms with van der Waals surface area (Å²) in [5.41, 5.74) is 10.8. The molecule has 0 atom stereocenters. The number of ether oxygens (including phenoxy) is 3. The lowest BCUT2D eigenvalue weighted by molar-refractivity contribution is 0.268. The quantitative estimate of drug-likeness (QED) is 0.296. The number of pyridine rings is 1. The molecule has 0 spiro atoms. The van der Waals surface area contributed by atoms with Gasteiger partial charge in [0, 0.05) is 23.7 Å². The number of halogens is 1. The minimum Gasteiger partial charge on any atom is -0.494 e. The molecule has 0 aliphatic heterocycles. The van der Waals surface area contributed by atoms with Crippen molar-refractivity contribution in [3.63, 3.8) is 0 Å². The maximum absolute atomic E-state index is 6.17. The average Bonchev–Trinajstić information content (AvgIpc) is 2.88. The summed E-state index contributed by atoms with van der Waals surface area (Å²) in [7, 11) is 0. The molecular formula is C28H29ClN2O3. The van der Waals surface area contributed by atoms with Crippen molar-refractivity contribution in [3.05, 3.63) is 108 Å². The van der Waals surface area contributed by atoms with Crippen molar-refractivity contribution in [2.45, 2.75) is 26.7 Å². The first-order chi connectivity index (χ1) is 16.3. The van der Waals surface area contributed by atoms with Crippen LogP contribution in [0.1, 0.15) is 23.6 Å². The molecule has 0 fully saturated rings. The normalized spacial score (nSPS) is 10.3. The first kappa shape index (κ1) is 25.1. The Labute approximate surface area is 206 Å². The molecule has 1 heterocycles. The molecule has 2 N–H and O–H groups in total. The second kappa shape index (κ2) is 12.6. The summed E-state index contributed by atoms with van der Waals surface area (Å²) < 4.78 is 17.9. The van der Waals surface area contributed by atoms with Crippen LogP contribution in [0.3, 0.4) is 0 Å². The maximum atomic E-state index is 6.17. The molecule has 0 saturated heterocycles. The summed E-state index contributed by atoms with van der Waals surface area (Å²) in [5, 5.41) is 0. The third-order valence-electron chi connectivity index (χ3n) is 5.18. The van der Waals surface area contributed by atoms with Gasteiger partial charge in [-0.1, -0.05) is 72.8 Å². The molecule has 0 saturated carbocycles. The van der Waals surface area contributed by atoms with Gasteiger partial charge in [0.15, 0.2) is 0 Å². The van der Waals surface area contributed by atoms with Crippen molar-refractivity contribution in [2.24, 2.45) is 5.73 Å². The van der Waals surface area contributed by atoms with Crippen LogP contribution in [0, 0.1) is 0 Å². The van der Waals surface area contributed by atoms with Gasteiger partial charge < -0.3 is 19.9 Å². The Morgan fingerprint density at radius 2 is 1.38 bits per heavy atom. The number of hydrogen-bond donors (Lipinski definition) is 1. The fourth-order valence-electron chi connectivity index (χ4n) is 3.47. The zero-order valence-corrected chi connectivity index (χ0v) is 20.0. The predicted molar refractivity (Wildman–Crippen MR) is 138 cm³/mol. The first-order valence-corrected chi connectivity index (χ1v) is 11.1. The molecule has 0 bridgehead atoms. The zero-order chi connectivity index (χ0) is 22.9. The van der Waals surface area contributed by atoms with Gasteiger partial charge in [-0.05, 0) is 35.7 Å². The van der Waals surface area contributed by atoms with Gasteiger partial charge in [-0.25, -0.2) is 0 Å². The van der Waals surface area contributed by atoms with Gasteiger partial charge in [-0.3, -0.25) is 0 Å². The van der Waals surface area contributed by atoms with Crippen LogP contribution in [0.2, 0.25) is 0 Å². The van der Waals surface area contributed by atoms with Gasteiger partial charge in [-0.15, -0.1) is 12.4 Å². The minimum atomic E-state index is 0. The second-order valence-electron chi connectivity index (χ2n) is 7.51. The van der Waals surface area contributed by atoms with E-state index in [1.165, 1.54) is 0 Å². The summed E-state index contributed by atoms with van der Waals surface area (Å²) in [6, 6.07) is 29.9. The Bertz CT molecular complexity index is 1170. The highest BCUT2D eigenvalue weighted by Gasteiger charge is 2.14. The maximum Gasteiger partial charge on any atom is 0.225 e. The summed E-state index contributed by atoms with van der Waals surface area (Å²) in [4.78, 5) is 4.69. The highest BCUT2D eigenvalue weighted by atomic mass is 35.5. The van der Waals surface area contributed by atoms with E-state index in [1.54, 1.807) is 0 Å². The highest BCUT2D eigenvalue weighted by molar-refractivity contribution is 5.85. The van der Waals surface area contributed by atoms with Crippen molar-refractivity contribution >= 4 is 12.4 Å². The predicted octanol–water partition coefficient (Wildman–Crippen LogP) is 6.19. The van der Waals surface area contributed by atoms with E-state index >= 15 is 0 Å². The van der Waals surface area contributed by atoms with Crippen molar-refractivity contribution in [1.29, 1.82) is 0 Å². The summed E-state index contributed by atoms with van der Waals surface area (Å²) in [6.45, 7) is 3.78. The van der Waals surface area contributed by atoms with E-state index in [2.05, 4.69) is 4.98 Å². The Balaban J connectivity index is 0.00000324. The fourth-order valence-corrected chi connectivity index (χ4v) is 3.47. The van der Waals surface area contributed by atoms with Crippen molar-refractivity contribution < 1.29 is 14.2 Å². The second-order valence-corrected chi connectivity index (χ2v) is 7.51. The number of benzene rings is 3. The zero-order valence-electron chi connectivity index (χ0n) is 19.1. The lowest BCUT2D eigenvalue weighted by Gasteiger charge is -2.15. The van der Waals surface area contributed by atoms with Crippen LogP contribution in [0.5, 0.6) is 17.5 Å². The van der Waals surface area contributed by atoms with E-state index in [4.69, 9.17) is 19.9 Å². The summed E-state index contributed by atoms with van der Waals surface area (Å²) in [5.74, 6) is 1.79. The summed E-state index contributed by atoms with van der Waals surface area (Å²) >= 11 is 0. The van der Waals surface area contributed by atoms with Crippen LogP contribution in [0.4, 0.5) is 0 Å². The Hall–Kier alpha value is -3.54. The van der Waals surface area contributed by atoms with Crippen LogP contribution in [0.15, 0.2) is 91.0 Å². The van der Waals surface area contributed by atoms with Gasteiger partial charge >= 0.3 is 0 Å². The summed E-state index contributed by atoms with van der Waals surface area (Å²) in [6.07, 6.45) is 0. The highest BCUT2D eigenvalue weighted by Crippen LogP contribution is 2.34. The van der Waals surface area contributed by atoms with Gasteiger partial charge in [0.1, 0.15) is 19.0 Å². The van der Waals surface area contributed by atoms with Crippen LogP contribution in [0.25, 0.3) is 11.1 Å². The Kier molecular flexibility index (Phi) is 9.32. The molecule has 0 radical (unpaired) electrons. The number of rotatable bonds is 10. The first-order valence-electron chi connectivity index (χ1n) is 11.1. The molecule has 4 aromatic rings. The van der Waals surface area contributed by atoms with Gasteiger partial charge in [0.05, 0.1) is 6.61 Å². The minimum absolute atomic E-state index is 0. The van der Waals surface area contributed by atoms with E-state index in [1.807, 2.05) is 97.9 Å². The third-order valence-corrected chi connectivity index (χ3v) is 5.18. The molecule has 4 rings (SSSR count). The van der Waals surface area contributed by atoms with E-state index in [0.717, 1.165) is 33.6 Å². The molecule has 6 heteroatoms. The molecular weight excluding hydrogens is 448 g/mol. The van der Waals surface area contributed by atoms with E-state index in [0.29, 0.717) is 38.1 Å². The number of hydrogen-bond acceptors (Lipinski definition) is 5. The smallest absolute Gasteiger partial charge is 0.225 e. The molecule has 176 valence electrons. The molecule has 1 aromatic heterocycles. The van der Waals surface area contributed by atoms with Crippen molar-refractivity contribution in [1.82, 2.24) is 4.98 Å². The molecule has 0 unspecified atom stereocenters. The van der Waals surface area contributed by atoms with Gasteiger partial charge in [0.2, 0.25) is 11.8 Å². The monoisotopic (exact) mass is 476 g/mol. The lowest BCUT2D eigenvalue weighted by Crippen LogP contribution is -2.04. The SMILES string of the molecule is CCOc1cc(-c2ccc(OCc3ccccc3)nc2OCc2ccccc2)ccc1CN.Cl. The molecule has 0 aliphatic rings. The Morgan fingerprint density at radius 3 is 2.00 bits per heavy atom. The number of aromatic nitrogens is 1. The molecule has 3 aromatic carbocycles. The van der Waals surface area contributed by atoms with Gasteiger partial charge in [-0.2, -0.15) is 4.98 Å². The molecule has 0 amide bonds. The third kappa shape index (κ3) is 6.50. The van der Waals surface area contributed by atoms with Crippen LogP contribution in [-0.2, 0) is 19.8 Å². The molecule has 5 nitrogen and oxygen atoms in total.